The van der Waals surface area contributed by atoms with Gasteiger partial charge in [-0.2, -0.15) is 10.2 Å². The molecule has 1 saturated carbocycles. The molecule has 23 heavy (non-hydrogen) atoms. The molecule has 2 atom stereocenters. The van der Waals surface area contributed by atoms with Crippen LogP contribution in [0.3, 0.4) is 0 Å². The number of halogens is 1. The van der Waals surface area contributed by atoms with Gasteiger partial charge in [-0.15, -0.1) is 5.10 Å². The summed E-state index contributed by atoms with van der Waals surface area (Å²) in [6.07, 6.45) is 5.30. The first-order valence-corrected chi connectivity index (χ1v) is 8.50. The number of carboxylic acid groups (broad SMARTS) is 1. The third-order valence-electron chi connectivity index (χ3n) is 4.74. The summed E-state index contributed by atoms with van der Waals surface area (Å²) in [5.74, 6) is -0.239. The van der Waals surface area contributed by atoms with Crippen molar-refractivity contribution < 1.29 is 9.90 Å². The van der Waals surface area contributed by atoms with Crippen LogP contribution in [0.1, 0.15) is 49.9 Å². The molecule has 1 N–H and O–H groups in total. The molecule has 3 rings (SSSR count). The van der Waals surface area contributed by atoms with E-state index in [2.05, 4.69) is 31.2 Å². The van der Waals surface area contributed by atoms with E-state index in [9.17, 15) is 9.90 Å². The van der Waals surface area contributed by atoms with Gasteiger partial charge >= 0.3 is 5.97 Å². The average Bonchev–Trinajstić information content (AvgIpc) is 2.90. The maximum Gasteiger partial charge on any atom is 0.310 e. The SMILES string of the molecule is Cc1ccc(-n2cc(Br)c([C@@H]3CCCC[C@@]3(C)C(=O)O)n2)nn1. The smallest absolute Gasteiger partial charge is 0.310 e. The van der Waals surface area contributed by atoms with Crippen LogP contribution in [-0.4, -0.2) is 31.1 Å². The molecular weight excluding hydrogens is 360 g/mol. The highest BCUT2D eigenvalue weighted by Crippen LogP contribution is 2.48. The first kappa shape index (κ1) is 16.1. The topological polar surface area (TPSA) is 80.9 Å². The summed E-state index contributed by atoms with van der Waals surface area (Å²) >= 11 is 3.54. The van der Waals surface area contributed by atoms with Crippen molar-refractivity contribution in [2.24, 2.45) is 5.41 Å². The van der Waals surface area contributed by atoms with Gasteiger partial charge in [0.2, 0.25) is 0 Å². The molecule has 0 aromatic carbocycles. The normalized spacial score (nSPS) is 24.6. The molecule has 2 heterocycles. The van der Waals surface area contributed by atoms with E-state index in [-0.39, 0.29) is 5.92 Å². The van der Waals surface area contributed by atoms with Gasteiger partial charge in [-0.1, -0.05) is 12.8 Å². The fraction of sp³-hybridized carbons (Fsp3) is 0.500. The zero-order chi connectivity index (χ0) is 16.6. The highest BCUT2D eigenvalue weighted by Gasteiger charge is 2.45. The van der Waals surface area contributed by atoms with Crippen molar-refractivity contribution in [1.29, 1.82) is 0 Å². The molecule has 0 radical (unpaired) electrons. The highest BCUT2D eigenvalue weighted by atomic mass is 79.9. The Kier molecular flexibility index (Phi) is 4.23. The molecule has 0 amide bonds. The monoisotopic (exact) mass is 378 g/mol. The summed E-state index contributed by atoms with van der Waals surface area (Å²) in [6.45, 7) is 3.71. The fourth-order valence-corrected chi connectivity index (χ4v) is 3.81. The van der Waals surface area contributed by atoms with E-state index in [4.69, 9.17) is 0 Å². The van der Waals surface area contributed by atoms with Gasteiger partial charge in [0.25, 0.3) is 0 Å². The second-order valence-corrected chi connectivity index (χ2v) is 7.22. The molecule has 2 aromatic heterocycles. The maximum atomic E-state index is 11.8. The highest BCUT2D eigenvalue weighted by molar-refractivity contribution is 9.10. The van der Waals surface area contributed by atoms with Crippen LogP contribution in [0, 0.1) is 12.3 Å². The van der Waals surface area contributed by atoms with Crippen LogP contribution < -0.4 is 0 Å². The first-order chi connectivity index (χ1) is 10.9. The summed E-state index contributed by atoms with van der Waals surface area (Å²) in [7, 11) is 0. The number of carboxylic acids is 1. The van der Waals surface area contributed by atoms with Gasteiger partial charge in [0, 0.05) is 12.1 Å². The van der Waals surface area contributed by atoms with Crippen molar-refractivity contribution in [2.45, 2.75) is 45.4 Å². The Balaban J connectivity index is 2.00. The average molecular weight is 379 g/mol. The number of carbonyl (C=O) groups is 1. The summed E-state index contributed by atoms with van der Waals surface area (Å²) in [5, 5.41) is 22.5. The van der Waals surface area contributed by atoms with Crippen molar-refractivity contribution in [3.8, 4) is 5.82 Å². The Morgan fingerprint density at radius 1 is 1.39 bits per heavy atom. The Morgan fingerprint density at radius 2 is 2.17 bits per heavy atom. The van der Waals surface area contributed by atoms with Gasteiger partial charge < -0.3 is 5.11 Å². The molecule has 7 heteroatoms. The van der Waals surface area contributed by atoms with E-state index in [1.54, 1.807) is 4.68 Å². The van der Waals surface area contributed by atoms with E-state index >= 15 is 0 Å². The number of aromatic nitrogens is 4. The van der Waals surface area contributed by atoms with Crippen LogP contribution in [0.25, 0.3) is 5.82 Å². The minimum atomic E-state index is -0.779. The second kappa shape index (κ2) is 6.03. The predicted molar refractivity (Wildman–Crippen MR) is 88.5 cm³/mol. The largest absolute Gasteiger partial charge is 0.481 e. The zero-order valence-electron chi connectivity index (χ0n) is 13.2. The number of nitrogens with zero attached hydrogens (tertiary/aromatic N) is 4. The Bertz CT molecular complexity index is 728. The van der Waals surface area contributed by atoms with Gasteiger partial charge in [0.1, 0.15) is 0 Å². The van der Waals surface area contributed by atoms with Crippen molar-refractivity contribution in [3.63, 3.8) is 0 Å². The molecule has 0 bridgehead atoms. The van der Waals surface area contributed by atoms with Gasteiger partial charge in [0.05, 0.1) is 21.3 Å². The molecule has 0 aliphatic heterocycles. The molecule has 0 unspecified atom stereocenters. The van der Waals surface area contributed by atoms with E-state index in [0.29, 0.717) is 12.2 Å². The predicted octanol–water partition coefficient (Wildman–Crippen LogP) is 3.48. The minimum absolute atomic E-state index is 0.109. The van der Waals surface area contributed by atoms with Crippen LogP contribution in [0.2, 0.25) is 0 Å². The van der Waals surface area contributed by atoms with Crippen molar-refractivity contribution >= 4 is 21.9 Å². The van der Waals surface area contributed by atoms with Crippen molar-refractivity contribution in [2.75, 3.05) is 0 Å². The van der Waals surface area contributed by atoms with Crippen LogP contribution in [-0.2, 0) is 4.79 Å². The molecule has 6 nitrogen and oxygen atoms in total. The third-order valence-corrected chi connectivity index (χ3v) is 5.35. The molecule has 1 aliphatic carbocycles. The molecule has 122 valence electrons. The zero-order valence-corrected chi connectivity index (χ0v) is 14.7. The van der Waals surface area contributed by atoms with Gasteiger partial charge in [-0.3, -0.25) is 4.79 Å². The standard InChI is InChI=1S/C16H19BrN4O2/c1-10-6-7-13(19-18-10)21-9-12(17)14(20-21)11-5-3-4-8-16(11,2)15(22)23/h6-7,9,11H,3-5,8H2,1-2H3,(H,22,23)/t11-,16+/m0/s1. The first-order valence-electron chi connectivity index (χ1n) is 7.71. The van der Waals surface area contributed by atoms with E-state index in [0.717, 1.165) is 35.1 Å². The summed E-state index contributed by atoms with van der Waals surface area (Å²) in [6, 6.07) is 3.72. The number of hydrogen-bond donors (Lipinski definition) is 1. The number of hydrogen-bond acceptors (Lipinski definition) is 4. The summed E-state index contributed by atoms with van der Waals surface area (Å²) in [4.78, 5) is 11.8. The van der Waals surface area contributed by atoms with Crippen molar-refractivity contribution in [3.05, 3.63) is 34.2 Å². The Morgan fingerprint density at radius 3 is 2.83 bits per heavy atom. The van der Waals surface area contributed by atoms with Crippen molar-refractivity contribution in [1.82, 2.24) is 20.0 Å². The van der Waals surface area contributed by atoms with Gasteiger partial charge in [-0.25, -0.2) is 4.68 Å². The van der Waals surface area contributed by atoms with Crippen LogP contribution in [0.5, 0.6) is 0 Å². The van der Waals surface area contributed by atoms with Crippen LogP contribution in [0.4, 0.5) is 0 Å². The molecule has 0 spiro atoms. The second-order valence-electron chi connectivity index (χ2n) is 6.36. The number of rotatable bonds is 3. The fourth-order valence-electron chi connectivity index (χ4n) is 3.26. The lowest BCUT2D eigenvalue weighted by atomic mass is 9.66. The third kappa shape index (κ3) is 2.89. The number of aryl methyl sites for hydroxylation is 1. The molecule has 0 saturated heterocycles. The quantitative estimate of drug-likeness (QED) is 0.883. The molecular formula is C16H19BrN4O2. The van der Waals surface area contributed by atoms with Gasteiger partial charge in [0.15, 0.2) is 5.82 Å². The van der Waals surface area contributed by atoms with E-state index in [1.807, 2.05) is 32.2 Å². The lowest BCUT2D eigenvalue weighted by molar-refractivity contribution is -0.151. The minimum Gasteiger partial charge on any atom is -0.481 e. The number of aliphatic carboxylic acids is 1. The van der Waals surface area contributed by atoms with Crippen LogP contribution >= 0.6 is 15.9 Å². The summed E-state index contributed by atoms with van der Waals surface area (Å²) < 4.78 is 2.47. The van der Waals surface area contributed by atoms with E-state index in [1.165, 1.54) is 0 Å². The van der Waals surface area contributed by atoms with Gasteiger partial charge in [-0.05, 0) is 54.8 Å². The molecule has 2 aromatic rings. The molecule has 1 fully saturated rings. The lowest BCUT2D eigenvalue weighted by Crippen LogP contribution is -2.37. The van der Waals surface area contributed by atoms with Crippen LogP contribution in [0.15, 0.2) is 22.8 Å². The molecule has 1 aliphatic rings. The van der Waals surface area contributed by atoms with E-state index < -0.39 is 11.4 Å². The Labute approximate surface area is 143 Å². The summed E-state index contributed by atoms with van der Waals surface area (Å²) in [5.41, 5.74) is 0.849. The lowest BCUT2D eigenvalue weighted by Gasteiger charge is -2.37. The Hall–Kier alpha value is -1.76. The maximum absolute atomic E-state index is 11.8.